The van der Waals surface area contributed by atoms with Crippen molar-refractivity contribution in [1.29, 1.82) is 0 Å². The van der Waals surface area contributed by atoms with Crippen molar-refractivity contribution in [2.24, 2.45) is 0 Å². The van der Waals surface area contributed by atoms with Crippen LogP contribution in [0.2, 0.25) is 0 Å². The number of fused-ring (bicyclic) bond motifs is 1. The molecule has 0 amide bonds. The molecule has 1 aromatic carbocycles. The summed E-state index contributed by atoms with van der Waals surface area (Å²) in [5, 5.41) is 2.80. The maximum atomic E-state index is 12.0. The maximum absolute atomic E-state index is 12.0. The fourth-order valence-electron chi connectivity index (χ4n) is 1.57. The fraction of sp³-hybridized carbons (Fsp3) is 0.250. The predicted molar refractivity (Wildman–Crippen MR) is 65.5 cm³/mol. The SMILES string of the molecule is CN(C)Cc1csc2ccccc2c1=O. The van der Waals surface area contributed by atoms with E-state index in [-0.39, 0.29) is 5.43 Å². The van der Waals surface area contributed by atoms with Gasteiger partial charge in [-0.3, -0.25) is 4.79 Å². The molecule has 0 unspecified atom stereocenters. The molecule has 0 bridgehead atoms. The van der Waals surface area contributed by atoms with Crippen LogP contribution in [-0.4, -0.2) is 19.0 Å². The summed E-state index contributed by atoms with van der Waals surface area (Å²) in [5.74, 6) is 0. The predicted octanol–water partition coefficient (Wildman–Crippen LogP) is 2.32. The Bertz CT molecular complexity index is 530. The summed E-state index contributed by atoms with van der Waals surface area (Å²) in [5.41, 5.74) is 1.04. The second kappa shape index (κ2) is 4.13. The largest absolute Gasteiger partial charge is 0.305 e. The molecule has 78 valence electrons. The van der Waals surface area contributed by atoms with Gasteiger partial charge in [-0.2, -0.15) is 0 Å². The van der Waals surface area contributed by atoms with E-state index < -0.39 is 0 Å². The minimum Gasteiger partial charge on any atom is -0.305 e. The molecule has 2 rings (SSSR count). The molecule has 0 N–H and O–H groups in total. The first-order valence-corrected chi connectivity index (χ1v) is 5.70. The van der Waals surface area contributed by atoms with E-state index in [0.29, 0.717) is 6.54 Å². The average molecular weight is 219 g/mol. The molecule has 15 heavy (non-hydrogen) atoms. The van der Waals surface area contributed by atoms with E-state index in [1.165, 1.54) is 0 Å². The Labute approximate surface area is 92.8 Å². The van der Waals surface area contributed by atoms with Gasteiger partial charge < -0.3 is 4.90 Å². The Kier molecular flexibility index (Phi) is 2.84. The number of hydrogen-bond acceptors (Lipinski definition) is 3. The molecule has 0 atom stereocenters. The molecule has 1 heterocycles. The van der Waals surface area contributed by atoms with Gasteiger partial charge in [-0.25, -0.2) is 0 Å². The third-order valence-electron chi connectivity index (χ3n) is 2.24. The summed E-state index contributed by atoms with van der Waals surface area (Å²) in [6.45, 7) is 0.708. The number of benzene rings is 1. The van der Waals surface area contributed by atoms with E-state index in [1.807, 2.05) is 48.6 Å². The molecule has 2 nitrogen and oxygen atoms in total. The van der Waals surface area contributed by atoms with Gasteiger partial charge in [0.1, 0.15) is 0 Å². The van der Waals surface area contributed by atoms with Gasteiger partial charge in [-0.15, -0.1) is 11.3 Å². The Morgan fingerprint density at radius 2 is 2.00 bits per heavy atom. The highest BCUT2D eigenvalue weighted by atomic mass is 32.1. The molecule has 0 aliphatic heterocycles. The zero-order valence-corrected chi connectivity index (χ0v) is 9.67. The van der Waals surface area contributed by atoms with E-state index >= 15 is 0 Å². The smallest absolute Gasteiger partial charge is 0.192 e. The van der Waals surface area contributed by atoms with Gasteiger partial charge in [0.2, 0.25) is 0 Å². The van der Waals surface area contributed by atoms with Gasteiger partial charge in [0.15, 0.2) is 5.43 Å². The molecule has 0 aliphatic rings. The Balaban J connectivity index is 2.60. The van der Waals surface area contributed by atoms with Gasteiger partial charge in [0.05, 0.1) is 0 Å². The molecule has 0 aliphatic carbocycles. The normalized spacial score (nSPS) is 11.1. The molecule has 0 radical (unpaired) electrons. The fourth-order valence-corrected chi connectivity index (χ4v) is 2.46. The number of rotatable bonds is 2. The highest BCUT2D eigenvalue weighted by Gasteiger charge is 2.05. The van der Waals surface area contributed by atoms with Crippen LogP contribution in [-0.2, 0) is 6.54 Å². The molecule has 2 aromatic rings. The molecule has 3 heteroatoms. The van der Waals surface area contributed by atoms with Crippen molar-refractivity contribution in [2.45, 2.75) is 6.54 Å². The van der Waals surface area contributed by atoms with E-state index in [2.05, 4.69) is 0 Å². The molecule has 0 saturated heterocycles. The Hall–Kier alpha value is -1.19. The van der Waals surface area contributed by atoms with Crippen LogP contribution in [0.1, 0.15) is 5.56 Å². The minimum absolute atomic E-state index is 0.165. The Morgan fingerprint density at radius 1 is 1.27 bits per heavy atom. The van der Waals surface area contributed by atoms with E-state index in [0.717, 1.165) is 15.6 Å². The van der Waals surface area contributed by atoms with E-state index in [4.69, 9.17) is 0 Å². The standard InChI is InChI=1S/C12H13NOS/c1-13(2)7-9-8-15-11-6-4-3-5-10(11)12(9)14/h3-6,8H,7H2,1-2H3. The highest BCUT2D eigenvalue weighted by Crippen LogP contribution is 2.16. The highest BCUT2D eigenvalue weighted by molar-refractivity contribution is 7.16. The summed E-state index contributed by atoms with van der Waals surface area (Å²) in [6, 6.07) is 7.76. The molecule has 0 fully saturated rings. The van der Waals surface area contributed by atoms with Crippen molar-refractivity contribution in [1.82, 2.24) is 4.90 Å². The van der Waals surface area contributed by atoms with Crippen LogP contribution in [0, 0.1) is 0 Å². The molecular weight excluding hydrogens is 206 g/mol. The molecular formula is C12H13NOS. The summed E-state index contributed by atoms with van der Waals surface area (Å²) >= 11 is 1.63. The average Bonchev–Trinajstić information content (AvgIpc) is 2.22. The minimum atomic E-state index is 0.165. The second-order valence-corrected chi connectivity index (χ2v) is 4.74. The van der Waals surface area contributed by atoms with E-state index in [1.54, 1.807) is 11.3 Å². The van der Waals surface area contributed by atoms with E-state index in [9.17, 15) is 4.79 Å². The van der Waals surface area contributed by atoms with Crippen LogP contribution in [0.4, 0.5) is 0 Å². The van der Waals surface area contributed by atoms with Crippen LogP contribution in [0.3, 0.4) is 0 Å². The van der Waals surface area contributed by atoms with Crippen LogP contribution in [0.5, 0.6) is 0 Å². The molecule has 1 aromatic heterocycles. The lowest BCUT2D eigenvalue weighted by Crippen LogP contribution is -2.17. The zero-order valence-electron chi connectivity index (χ0n) is 8.86. The van der Waals surface area contributed by atoms with Crippen LogP contribution in [0.25, 0.3) is 10.1 Å². The van der Waals surface area contributed by atoms with Crippen molar-refractivity contribution < 1.29 is 0 Å². The summed E-state index contributed by atoms with van der Waals surface area (Å²) in [7, 11) is 3.94. The first-order valence-electron chi connectivity index (χ1n) is 4.82. The van der Waals surface area contributed by atoms with Crippen molar-refractivity contribution >= 4 is 21.4 Å². The topological polar surface area (TPSA) is 20.3 Å². The third-order valence-corrected chi connectivity index (χ3v) is 3.25. The van der Waals surface area contributed by atoms with Gasteiger partial charge in [-0.1, -0.05) is 12.1 Å². The monoisotopic (exact) mass is 219 g/mol. The van der Waals surface area contributed by atoms with Crippen molar-refractivity contribution in [3.8, 4) is 0 Å². The van der Waals surface area contributed by atoms with Crippen LogP contribution < -0.4 is 5.43 Å². The van der Waals surface area contributed by atoms with Crippen LogP contribution in [0.15, 0.2) is 34.4 Å². The first kappa shape index (κ1) is 10.3. The lowest BCUT2D eigenvalue weighted by Gasteiger charge is -2.08. The van der Waals surface area contributed by atoms with Crippen molar-refractivity contribution in [3.63, 3.8) is 0 Å². The van der Waals surface area contributed by atoms with Gasteiger partial charge >= 0.3 is 0 Å². The lowest BCUT2D eigenvalue weighted by atomic mass is 10.2. The summed E-state index contributed by atoms with van der Waals surface area (Å²) < 4.78 is 1.06. The Morgan fingerprint density at radius 3 is 2.73 bits per heavy atom. The van der Waals surface area contributed by atoms with Gasteiger partial charge in [-0.05, 0) is 31.6 Å². The zero-order chi connectivity index (χ0) is 10.8. The summed E-state index contributed by atoms with van der Waals surface area (Å²) in [6.07, 6.45) is 0. The lowest BCUT2D eigenvalue weighted by molar-refractivity contribution is 0.402. The quantitative estimate of drug-likeness (QED) is 0.772. The number of hydrogen-bond donors (Lipinski definition) is 0. The van der Waals surface area contributed by atoms with Gasteiger partial charge in [0.25, 0.3) is 0 Å². The number of nitrogens with zero attached hydrogens (tertiary/aromatic N) is 1. The molecule has 0 saturated carbocycles. The van der Waals surface area contributed by atoms with Crippen molar-refractivity contribution in [2.75, 3.05) is 14.1 Å². The van der Waals surface area contributed by atoms with Gasteiger partial charge in [0, 0.05) is 22.2 Å². The van der Waals surface area contributed by atoms with Crippen LogP contribution >= 0.6 is 11.3 Å². The third kappa shape index (κ3) is 2.08. The summed E-state index contributed by atoms with van der Waals surface area (Å²) in [4.78, 5) is 14.1. The molecule has 0 spiro atoms. The maximum Gasteiger partial charge on any atom is 0.192 e. The second-order valence-electron chi connectivity index (χ2n) is 3.82. The first-order chi connectivity index (χ1) is 7.18. The van der Waals surface area contributed by atoms with Crippen molar-refractivity contribution in [3.05, 3.63) is 45.4 Å².